The van der Waals surface area contributed by atoms with Gasteiger partial charge in [0.25, 0.3) is 0 Å². The van der Waals surface area contributed by atoms with Crippen molar-refractivity contribution in [1.82, 2.24) is 20.1 Å². The van der Waals surface area contributed by atoms with Crippen molar-refractivity contribution in [2.45, 2.75) is 12.5 Å². The van der Waals surface area contributed by atoms with Crippen molar-refractivity contribution >= 4 is 11.7 Å². The first kappa shape index (κ1) is 16.1. The molecular formula is C19H19N5O2. The fourth-order valence-electron chi connectivity index (χ4n) is 2.97. The van der Waals surface area contributed by atoms with E-state index in [1.165, 1.54) is 0 Å². The minimum absolute atomic E-state index is 0.00676. The standard InChI is InChI=1S/C19H19N5O2/c25-19(22-15-5-3-14(4-6-15)18-7-10-21-23-18)24-11-8-17(13-24)26-16-2-1-9-20-12-16/h1-7,9-10,12,17H,8,11,13H2,(H,21,23)(H,22,25). The minimum atomic E-state index is -0.114. The molecule has 1 fully saturated rings. The molecule has 1 aliphatic heterocycles. The molecule has 1 saturated heterocycles. The monoisotopic (exact) mass is 349 g/mol. The number of nitrogens with zero attached hydrogens (tertiary/aromatic N) is 3. The van der Waals surface area contributed by atoms with E-state index in [4.69, 9.17) is 4.74 Å². The highest BCUT2D eigenvalue weighted by atomic mass is 16.5. The number of ether oxygens (including phenoxy) is 1. The van der Waals surface area contributed by atoms with Gasteiger partial charge in [-0.1, -0.05) is 12.1 Å². The number of aromatic amines is 1. The number of nitrogens with one attached hydrogen (secondary N) is 2. The van der Waals surface area contributed by atoms with Crippen molar-refractivity contribution in [3.63, 3.8) is 0 Å². The summed E-state index contributed by atoms with van der Waals surface area (Å²) < 4.78 is 5.87. The molecule has 7 heteroatoms. The number of rotatable bonds is 4. The van der Waals surface area contributed by atoms with Crippen LogP contribution >= 0.6 is 0 Å². The SMILES string of the molecule is O=C(Nc1ccc(-c2ccn[nH]2)cc1)N1CCC(Oc2cccnc2)C1. The third-order valence-electron chi connectivity index (χ3n) is 4.32. The largest absolute Gasteiger partial charge is 0.487 e. The second-order valence-corrected chi connectivity index (χ2v) is 6.14. The minimum Gasteiger partial charge on any atom is -0.487 e. The number of pyridine rings is 1. The molecular weight excluding hydrogens is 330 g/mol. The number of likely N-dealkylation sites (tertiary alicyclic amines) is 1. The quantitative estimate of drug-likeness (QED) is 0.758. The van der Waals surface area contributed by atoms with Crippen LogP contribution in [0.3, 0.4) is 0 Å². The van der Waals surface area contributed by atoms with Gasteiger partial charge in [-0.3, -0.25) is 10.1 Å². The van der Waals surface area contributed by atoms with Crippen LogP contribution in [0.2, 0.25) is 0 Å². The lowest BCUT2D eigenvalue weighted by molar-refractivity contribution is 0.194. The van der Waals surface area contributed by atoms with Crippen LogP contribution < -0.4 is 10.1 Å². The first-order valence-corrected chi connectivity index (χ1v) is 8.50. The number of amides is 2. The molecule has 1 unspecified atom stereocenters. The predicted molar refractivity (Wildman–Crippen MR) is 97.9 cm³/mol. The van der Waals surface area contributed by atoms with Crippen LogP contribution in [-0.2, 0) is 0 Å². The molecule has 2 N–H and O–H groups in total. The number of carbonyl (C=O) groups is 1. The number of hydrogen-bond donors (Lipinski definition) is 2. The molecule has 3 heterocycles. The molecule has 0 saturated carbocycles. The lowest BCUT2D eigenvalue weighted by Crippen LogP contribution is -2.34. The van der Waals surface area contributed by atoms with Crippen LogP contribution in [0.5, 0.6) is 5.75 Å². The molecule has 0 radical (unpaired) electrons. The van der Waals surface area contributed by atoms with E-state index in [1.54, 1.807) is 23.5 Å². The molecule has 1 aliphatic rings. The van der Waals surface area contributed by atoms with Crippen LogP contribution in [0.1, 0.15) is 6.42 Å². The van der Waals surface area contributed by atoms with Gasteiger partial charge in [-0.05, 0) is 35.9 Å². The molecule has 132 valence electrons. The number of anilines is 1. The summed E-state index contributed by atoms with van der Waals surface area (Å²) in [5, 5.41) is 9.79. The summed E-state index contributed by atoms with van der Waals surface area (Å²) >= 11 is 0. The summed E-state index contributed by atoms with van der Waals surface area (Å²) in [7, 11) is 0. The van der Waals surface area contributed by atoms with E-state index >= 15 is 0 Å². The Kier molecular flexibility index (Phi) is 4.51. The zero-order chi connectivity index (χ0) is 17.8. The average Bonchev–Trinajstić information content (AvgIpc) is 3.35. The van der Waals surface area contributed by atoms with E-state index in [0.717, 1.165) is 29.1 Å². The molecule has 0 aliphatic carbocycles. The maximum absolute atomic E-state index is 12.5. The smallest absolute Gasteiger partial charge is 0.321 e. The van der Waals surface area contributed by atoms with Crippen LogP contribution in [-0.4, -0.2) is 45.3 Å². The van der Waals surface area contributed by atoms with Gasteiger partial charge in [-0.25, -0.2) is 4.79 Å². The third-order valence-corrected chi connectivity index (χ3v) is 4.32. The molecule has 0 bridgehead atoms. The Hall–Kier alpha value is -3.35. The van der Waals surface area contributed by atoms with Gasteiger partial charge in [0.05, 0.1) is 18.4 Å². The highest BCUT2D eigenvalue weighted by Crippen LogP contribution is 2.21. The van der Waals surface area contributed by atoms with Crippen LogP contribution in [0.25, 0.3) is 11.3 Å². The highest BCUT2D eigenvalue weighted by Gasteiger charge is 2.27. The second-order valence-electron chi connectivity index (χ2n) is 6.14. The van der Waals surface area contributed by atoms with Gasteiger partial charge < -0.3 is 15.0 Å². The molecule has 0 spiro atoms. The molecule has 3 aromatic rings. The molecule has 4 rings (SSSR count). The summed E-state index contributed by atoms with van der Waals surface area (Å²) in [6.07, 6.45) is 5.90. The normalized spacial score (nSPS) is 16.5. The maximum Gasteiger partial charge on any atom is 0.321 e. The van der Waals surface area contributed by atoms with E-state index in [-0.39, 0.29) is 12.1 Å². The van der Waals surface area contributed by atoms with Gasteiger partial charge in [0.15, 0.2) is 0 Å². The number of aromatic nitrogens is 3. The maximum atomic E-state index is 12.5. The topological polar surface area (TPSA) is 83.1 Å². The number of benzene rings is 1. The molecule has 1 aromatic carbocycles. The average molecular weight is 349 g/mol. The van der Waals surface area contributed by atoms with Crippen LogP contribution in [0, 0.1) is 0 Å². The second kappa shape index (κ2) is 7.26. The summed E-state index contributed by atoms with van der Waals surface area (Å²) in [6.45, 7) is 1.23. The fourth-order valence-corrected chi connectivity index (χ4v) is 2.97. The Morgan fingerprint density at radius 2 is 2.08 bits per heavy atom. The molecule has 26 heavy (non-hydrogen) atoms. The Labute approximate surface area is 151 Å². The van der Waals surface area contributed by atoms with Crippen molar-refractivity contribution in [2.75, 3.05) is 18.4 Å². The summed E-state index contributed by atoms with van der Waals surface area (Å²) in [5.74, 6) is 0.731. The number of urea groups is 1. The predicted octanol–water partition coefficient (Wildman–Crippen LogP) is 3.16. The first-order valence-electron chi connectivity index (χ1n) is 8.50. The zero-order valence-electron chi connectivity index (χ0n) is 14.1. The van der Waals surface area contributed by atoms with E-state index in [9.17, 15) is 4.79 Å². The van der Waals surface area contributed by atoms with Gasteiger partial charge >= 0.3 is 6.03 Å². The van der Waals surface area contributed by atoms with Crippen molar-refractivity contribution in [1.29, 1.82) is 0 Å². The van der Waals surface area contributed by atoms with Gasteiger partial charge in [-0.15, -0.1) is 0 Å². The molecule has 2 aromatic heterocycles. The van der Waals surface area contributed by atoms with E-state index in [2.05, 4.69) is 20.5 Å². The van der Waals surface area contributed by atoms with E-state index in [1.807, 2.05) is 42.5 Å². The van der Waals surface area contributed by atoms with E-state index in [0.29, 0.717) is 13.1 Å². The van der Waals surface area contributed by atoms with E-state index < -0.39 is 0 Å². The zero-order valence-corrected chi connectivity index (χ0v) is 14.1. The Morgan fingerprint density at radius 3 is 2.81 bits per heavy atom. The van der Waals surface area contributed by atoms with Gasteiger partial charge in [0.2, 0.25) is 0 Å². The van der Waals surface area contributed by atoms with Crippen molar-refractivity contribution in [3.05, 3.63) is 61.1 Å². The van der Waals surface area contributed by atoms with Crippen molar-refractivity contribution in [3.8, 4) is 17.0 Å². The Bertz CT molecular complexity index is 849. The van der Waals surface area contributed by atoms with Gasteiger partial charge in [-0.2, -0.15) is 5.10 Å². The highest BCUT2D eigenvalue weighted by molar-refractivity contribution is 5.89. The molecule has 2 amide bonds. The third kappa shape index (κ3) is 3.66. The lowest BCUT2D eigenvalue weighted by atomic mass is 10.1. The Morgan fingerprint density at radius 1 is 1.19 bits per heavy atom. The van der Waals surface area contributed by atoms with Crippen molar-refractivity contribution in [2.24, 2.45) is 0 Å². The Balaban J connectivity index is 1.32. The van der Waals surface area contributed by atoms with Crippen molar-refractivity contribution < 1.29 is 9.53 Å². The van der Waals surface area contributed by atoms with Gasteiger partial charge in [0.1, 0.15) is 11.9 Å². The summed E-state index contributed by atoms with van der Waals surface area (Å²) in [6, 6.07) is 13.2. The molecule has 7 nitrogen and oxygen atoms in total. The first-order chi connectivity index (χ1) is 12.8. The fraction of sp³-hybridized carbons (Fsp3) is 0.211. The van der Waals surface area contributed by atoms with Crippen LogP contribution in [0.4, 0.5) is 10.5 Å². The number of hydrogen-bond acceptors (Lipinski definition) is 4. The number of carbonyl (C=O) groups excluding carboxylic acids is 1. The van der Waals surface area contributed by atoms with Crippen LogP contribution in [0.15, 0.2) is 61.1 Å². The summed E-state index contributed by atoms with van der Waals surface area (Å²) in [4.78, 5) is 18.3. The lowest BCUT2D eigenvalue weighted by Gasteiger charge is -2.18. The number of H-pyrrole nitrogens is 1. The summed E-state index contributed by atoms with van der Waals surface area (Å²) in [5.41, 5.74) is 2.72. The van der Waals surface area contributed by atoms with Gasteiger partial charge in [0, 0.05) is 31.0 Å². The molecule has 1 atom stereocenters.